The molecule has 6 heteroatoms. The van der Waals surface area contributed by atoms with Gasteiger partial charge in [-0.3, -0.25) is 14.5 Å². The molecular formula is C14H17ClN4O. The van der Waals surface area contributed by atoms with Crippen molar-refractivity contribution in [3.63, 3.8) is 0 Å². The Hall–Kier alpha value is -1.72. The van der Waals surface area contributed by atoms with Gasteiger partial charge in [0.2, 0.25) is 5.78 Å². The largest absolute Gasteiger partial charge is 0.308 e. The van der Waals surface area contributed by atoms with Gasteiger partial charge in [-0.15, -0.1) is 0 Å². The van der Waals surface area contributed by atoms with Crippen LogP contribution in [-0.4, -0.2) is 46.1 Å². The van der Waals surface area contributed by atoms with Gasteiger partial charge in [0.25, 0.3) is 0 Å². The fourth-order valence-electron chi connectivity index (χ4n) is 1.91. The number of nitrogens with zero attached hydrogens (tertiary/aromatic N) is 4. The molecule has 0 aliphatic heterocycles. The number of hydrogen-bond acceptors (Lipinski definition) is 4. The highest BCUT2D eigenvalue weighted by Gasteiger charge is 2.20. The van der Waals surface area contributed by atoms with Gasteiger partial charge in [0.15, 0.2) is 0 Å². The van der Waals surface area contributed by atoms with Crippen LogP contribution in [0.2, 0.25) is 5.02 Å². The van der Waals surface area contributed by atoms with Crippen LogP contribution in [0.1, 0.15) is 21.6 Å². The summed E-state index contributed by atoms with van der Waals surface area (Å²) in [6, 6.07) is 1.71. The Labute approximate surface area is 123 Å². The van der Waals surface area contributed by atoms with Crippen molar-refractivity contribution in [2.24, 2.45) is 0 Å². The third-order valence-electron chi connectivity index (χ3n) is 3.03. The molecule has 0 aliphatic rings. The van der Waals surface area contributed by atoms with Crippen LogP contribution in [0.25, 0.3) is 0 Å². The van der Waals surface area contributed by atoms with Gasteiger partial charge < -0.3 is 4.90 Å². The third kappa shape index (κ3) is 3.05. The van der Waals surface area contributed by atoms with Crippen LogP contribution in [0.4, 0.5) is 0 Å². The zero-order valence-corrected chi connectivity index (χ0v) is 12.6. The number of ketones is 1. The van der Waals surface area contributed by atoms with E-state index in [1.165, 1.54) is 6.20 Å². The average molecular weight is 293 g/mol. The third-order valence-corrected chi connectivity index (χ3v) is 3.31. The predicted octanol–water partition coefficient (Wildman–Crippen LogP) is 2.03. The number of rotatable bonds is 5. The fourth-order valence-corrected chi connectivity index (χ4v) is 2.14. The monoisotopic (exact) mass is 292 g/mol. The highest BCUT2D eigenvalue weighted by atomic mass is 35.5. The molecule has 2 rings (SSSR count). The number of carbonyl (C=O) groups is 1. The highest BCUT2D eigenvalue weighted by Crippen LogP contribution is 2.20. The predicted molar refractivity (Wildman–Crippen MR) is 78.2 cm³/mol. The molecule has 0 fully saturated rings. The lowest BCUT2D eigenvalue weighted by atomic mass is 10.1. The quantitative estimate of drug-likeness (QED) is 0.791. The summed E-state index contributed by atoms with van der Waals surface area (Å²) in [4.78, 5) is 18.7. The Morgan fingerprint density at radius 1 is 1.40 bits per heavy atom. The SMILES string of the molecule is Cc1cnccc1C(=O)c1c(Cl)cnn1CCN(C)C. The minimum Gasteiger partial charge on any atom is -0.308 e. The lowest BCUT2D eigenvalue weighted by Crippen LogP contribution is -2.22. The van der Waals surface area contributed by atoms with E-state index in [-0.39, 0.29) is 5.78 Å². The van der Waals surface area contributed by atoms with Gasteiger partial charge in [0.05, 0.1) is 17.8 Å². The normalized spacial score (nSPS) is 11.1. The Morgan fingerprint density at radius 3 is 2.80 bits per heavy atom. The van der Waals surface area contributed by atoms with E-state index in [0.717, 1.165) is 12.1 Å². The molecule has 0 aliphatic carbocycles. The van der Waals surface area contributed by atoms with Crippen molar-refractivity contribution >= 4 is 17.4 Å². The summed E-state index contributed by atoms with van der Waals surface area (Å²) in [6.45, 7) is 3.26. The van der Waals surface area contributed by atoms with Gasteiger partial charge in [0.1, 0.15) is 5.69 Å². The smallest absolute Gasteiger partial charge is 0.212 e. The number of aryl methyl sites for hydroxylation is 1. The number of carbonyl (C=O) groups excluding carboxylic acids is 1. The number of likely N-dealkylation sites (N-methyl/N-ethyl adjacent to an activating group) is 1. The van der Waals surface area contributed by atoms with Gasteiger partial charge in [-0.25, -0.2) is 0 Å². The van der Waals surface area contributed by atoms with Crippen LogP contribution in [0.15, 0.2) is 24.7 Å². The minimum absolute atomic E-state index is 0.119. The lowest BCUT2D eigenvalue weighted by molar-refractivity contribution is 0.102. The van der Waals surface area contributed by atoms with Crippen LogP contribution in [0.3, 0.4) is 0 Å². The lowest BCUT2D eigenvalue weighted by Gasteiger charge is -2.12. The summed E-state index contributed by atoms with van der Waals surface area (Å²) in [5, 5.41) is 4.57. The van der Waals surface area contributed by atoms with E-state index >= 15 is 0 Å². The molecule has 5 nitrogen and oxygen atoms in total. The standard InChI is InChI=1S/C14H17ClN4O/c1-10-8-16-5-4-11(10)14(20)13-12(15)9-17-19(13)7-6-18(2)3/h4-5,8-9H,6-7H2,1-3H3. The van der Waals surface area contributed by atoms with Crippen molar-refractivity contribution in [3.8, 4) is 0 Å². The Bertz CT molecular complexity index is 621. The van der Waals surface area contributed by atoms with Gasteiger partial charge in [-0.2, -0.15) is 5.10 Å². The van der Waals surface area contributed by atoms with Crippen molar-refractivity contribution in [1.82, 2.24) is 19.7 Å². The van der Waals surface area contributed by atoms with E-state index in [9.17, 15) is 4.79 Å². The van der Waals surface area contributed by atoms with Crippen LogP contribution in [-0.2, 0) is 6.54 Å². The second-order valence-corrected chi connectivity index (χ2v) is 5.29. The van der Waals surface area contributed by atoms with Gasteiger partial charge >= 0.3 is 0 Å². The summed E-state index contributed by atoms with van der Waals surface area (Å²) in [6.07, 6.45) is 4.79. The summed E-state index contributed by atoms with van der Waals surface area (Å²) >= 11 is 6.12. The molecule has 0 aromatic carbocycles. The van der Waals surface area contributed by atoms with E-state index in [2.05, 4.69) is 10.1 Å². The van der Waals surface area contributed by atoms with Crippen LogP contribution in [0, 0.1) is 6.92 Å². The highest BCUT2D eigenvalue weighted by molar-refractivity contribution is 6.34. The van der Waals surface area contributed by atoms with Crippen molar-refractivity contribution in [2.45, 2.75) is 13.5 Å². The maximum Gasteiger partial charge on any atom is 0.212 e. The first-order valence-electron chi connectivity index (χ1n) is 6.32. The molecule has 20 heavy (non-hydrogen) atoms. The van der Waals surface area contributed by atoms with E-state index in [4.69, 9.17) is 11.6 Å². The van der Waals surface area contributed by atoms with Crippen molar-refractivity contribution in [1.29, 1.82) is 0 Å². The zero-order chi connectivity index (χ0) is 14.7. The molecule has 0 spiro atoms. The first kappa shape index (κ1) is 14.7. The van der Waals surface area contributed by atoms with E-state index in [1.807, 2.05) is 25.9 Å². The summed E-state index contributed by atoms with van der Waals surface area (Å²) in [5.41, 5.74) is 1.87. The van der Waals surface area contributed by atoms with Gasteiger partial charge in [-0.1, -0.05) is 11.6 Å². The molecule has 106 valence electrons. The van der Waals surface area contributed by atoms with E-state index < -0.39 is 0 Å². The number of halogens is 1. The van der Waals surface area contributed by atoms with Crippen LogP contribution < -0.4 is 0 Å². The molecule has 2 aromatic heterocycles. The number of aromatic nitrogens is 3. The molecule has 0 amide bonds. The average Bonchev–Trinajstić information content (AvgIpc) is 2.77. The van der Waals surface area contributed by atoms with Crippen molar-refractivity contribution in [2.75, 3.05) is 20.6 Å². The molecule has 0 saturated heterocycles. The van der Waals surface area contributed by atoms with Gasteiger partial charge in [-0.05, 0) is 32.6 Å². The zero-order valence-electron chi connectivity index (χ0n) is 11.8. The fraction of sp³-hybridized carbons (Fsp3) is 0.357. The minimum atomic E-state index is -0.119. The summed E-state index contributed by atoms with van der Waals surface area (Å²) in [7, 11) is 3.94. The Morgan fingerprint density at radius 2 is 2.15 bits per heavy atom. The van der Waals surface area contributed by atoms with Crippen molar-refractivity contribution < 1.29 is 4.79 Å². The second-order valence-electron chi connectivity index (χ2n) is 4.89. The second kappa shape index (κ2) is 6.15. The molecule has 2 heterocycles. The molecule has 0 atom stereocenters. The Kier molecular flexibility index (Phi) is 4.52. The summed E-state index contributed by atoms with van der Waals surface area (Å²) < 4.78 is 1.66. The molecule has 0 bridgehead atoms. The molecule has 0 saturated carbocycles. The van der Waals surface area contributed by atoms with Crippen LogP contribution in [0.5, 0.6) is 0 Å². The van der Waals surface area contributed by atoms with E-state index in [0.29, 0.717) is 22.8 Å². The first-order valence-corrected chi connectivity index (χ1v) is 6.70. The maximum atomic E-state index is 12.6. The first-order chi connectivity index (χ1) is 9.50. The van der Waals surface area contributed by atoms with Gasteiger partial charge in [0, 0.05) is 24.5 Å². The Balaban J connectivity index is 2.35. The summed E-state index contributed by atoms with van der Waals surface area (Å²) in [5.74, 6) is -0.119. The number of pyridine rings is 1. The van der Waals surface area contributed by atoms with E-state index in [1.54, 1.807) is 23.1 Å². The maximum absolute atomic E-state index is 12.6. The molecular weight excluding hydrogens is 276 g/mol. The van der Waals surface area contributed by atoms with Crippen molar-refractivity contribution in [3.05, 3.63) is 46.5 Å². The number of hydrogen-bond donors (Lipinski definition) is 0. The molecule has 0 unspecified atom stereocenters. The molecule has 0 radical (unpaired) electrons. The van der Waals surface area contributed by atoms with Crippen LogP contribution >= 0.6 is 11.6 Å². The molecule has 2 aromatic rings. The molecule has 0 N–H and O–H groups in total. The topological polar surface area (TPSA) is 51.0 Å².